The van der Waals surface area contributed by atoms with Gasteiger partial charge in [0.2, 0.25) is 29.0 Å². The second-order valence-corrected chi connectivity index (χ2v) is 9.28. The van der Waals surface area contributed by atoms with E-state index in [1.54, 1.807) is 36.4 Å². The predicted octanol–water partition coefficient (Wildman–Crippen LogP) is 3.82. The maximum absolute atomic E-state index is 13.7. The lowest BCUT2D eigenvalue weighted by atomic mass is 9.77. The van der Waals surface area contributed by atoms with Crippen LogP contribution in [-0.2, 0) is 20.9 Å². The van der Waals surface area contributed by atoms with Gasteiger partial charge in [-0.3, -0.25) is 24.1 Å². The molecule has 3 aromatic carbocycles. The maximum Gasteiger partial charge on any atom is 0.237 e. The molecule has 6 rings (SSSR count). The van der Waals surface area contributed by atoms with Crippen LogP contribution in [0.2, 0.25) is 0 Å². The molecule has 174 valence electrons. The van der Waals surface area contributed by atoms with E-state index in [-0.39, 0.29) is 17.7 Å². The summed E-state index contributed by atoms with van der Waals surface area (Å²) in [5.74, 6) is -5.07. The lowest BCUT2D eigenvalue weighted by molar-refractivity contribution is -0.145. The SMILES string of the molecule is Cc1ccc([C@H]2OC3(C(=O)c4ccccc4C3=O)[C@@H]3C(=O)N(Cc4ccc(F)cc4)C(=O)[C@H]23)cc1. The van der Waals surface area contributed by atoms with Crippen LogP contribution in [0.4, 0.5) is 4.39 Å². The molecule has 0 saturated carbocycles. The minimum atomic E-state index is -2.09. The van der Waals surface area contributed by atoms with Crippen LogP contribution in [0.3, 0.4) is 0 Å². The van der Waals surface area contributed by atoms with Crippen molar-refractivity contribution in [2.45, 2.75) is 25.2 Å². The molecule has 2 heterocycles. The Hall–Kier alpha value is -3.97. The highest BCUT2D eigenvalue weighted by molar-refractivity contribution is 6.35. The number of imide groups is 1. The van der Waals surface area contributed by atoms with Crippen LogP contribution in [0.15, 0.2) is 72.8 Å². The van der Waals surface area contributed by atoms with Crippen molar-refractivity contribution in [3.8, 4) is 0 Å². The van der Waals surface area contributed by atoms with Crippen molar-refractivity contribution < 1.29 is 28.3 Å². The summed E-state index contributed by atoms with van der Waals surface area (Å²) in [5.41, 5.74) is 0.459. The molecular formula is C28H20FNO5. The Labute approximate surface area is 200 Å². The smallest absolute Gasteiger partial charge is 0.237 e. The molecule has 1 spiro atoms. The van der Waals surface area contributed by atoms with Gasteiger partial charge in [0.15, 0.2) is 0 Å². The van der Waals surface area contributed by atoms with Crippen molar-refractivity contribution in [3.05, 3.63) is 106 Å². The Morgan fingerprint density at radius 3 is 2.03 bits per heavy atom. The molecule has 0 N–H and O–H groups in total. The number of hydrogen-bond acceptors (Lipinski definition) is 5. The third kappa shape index (κ3) is 2.91. The number of carbonyl (C=O) groups excluding carboxylic acids is 4. The summed E-state index contributed by atoms with van der Waals surface area (Å²) in [5, 5.41) is 0. The first-order chi connectivity index (χ1) is 16.8. The zero-order valence-corrected chi connectivity index (χ0v) is 18.7. The molecule has 3 aliphatic rings. The average molecular weight is 469 g/mol. The van der Waals surface area contributed by atoms with Gasteiger partial charge in [-0.1, -0.05) is 66.2 Å². The van der Waals surface area contributed by atoms with E-state index in [1.807, 2.05) is 19.1 Å². The van der Waals surface area contributed by atoms with Gasteiger partial charge in [0, 0.05) is 11.1 Å². The van der Waals surface area contributed by atoms with Gasteiger partial charge >= 0.3 is 0 Å². The summed E-state index contributed by atoms with van der Waals surface area (Å²) in [6.07, 6.45) is -0.947. The molecule has 2 fully saturated rings. The summed E-state index contributed by atoms with van der Waals surface area (Å²) >= 11 is 0. The summed E-state index contributed by atoms with van der Waals surface area (Å²) < 4.78 is 19.6. The van der Waals surface area contributed by atoms with Crippen molar-refractivity contribution in [3.63, 3.8) is 0 Å². The number of amides is 2. The van der Waals surface area contributed by atoms with E-state index in [9.17, 15) is 23.6 Å². The van der Waals surface area contributed by atoms with Crippen LogP contribution in [0, 0.1) is 24.6 Å². The Balaban J connectivity index is 1.48. The zero-order valence-electron chi connectivity index (χ0n) is 18.7. The topological polar surface area (TPSA) is 80.8 Å². The number of benzene rings is 3. The summed E-state index contributed by atoms with van der Waals surface area (Å²) in [6, 6.07) is 19.1. The van der Waals surface area contributed by atoms with Gasteiger partial charge in [0.1, 0.15) is 5.82 Å². The third-order valence-corrected chi connectivity index (χ3v) is 7.27. The first-order valence-corrected chi connectivity index (χ1v) is 11.4. The lowest BCUT2D eigenvalue weighted by Gasteiger charge is -2.27. The number of ether oxygens (including phenoxy) is 1. The van der Waals surface area contributed by atoms with Crippen molar-refractivity contribution >= 4 is 23.4 Å². The average Bonchev–Trinajstić information content (AvgIpc) is 3.42. The number of halogens is 1. The number of aryl methyl sites for hydroxylation is 1. The number of Topliss-reactive ketones (excluding diaryl/α,β-unsaturated/α-hetero) is 2. The van der Waals surface area contributed by atoms with Crippen LogP contribution in [-0.4, -0.2) is 33.9 Å². The normalized spacial score (nSPS) is 24.4. The standard InChI is InChI=1S/C28H20FNO5/c1-15-6-10-17(11-7-15)23-21-22(27(34)30(26(21)33)14-16-8-12-18(29)13-9-16)28(35-23)24(31)19-4-2-3-5-20(19)25(28)32/h2-13,21-23H,14H2,1H3/t21-,22-,23+/m0/s1. The molecule has 2 saturated heterocycles. The maximum atomic E-state index is 13.7. The fourth-order valence-electron chi connectivity index (χ4n) is 5.56. The summed E-state index contributed by atoms with van der Waals surface area (Å²) in [6.45, 7) is 1.83. The number of carbonyl (C=O) groups is 4. The first-order valence-electron chi connectivity index (χ1n) is 11.4. The molecule has 6 nitrogen and oxygen atoms in total. The van der Waals surface area contributed by atoms with Crippen LogP contribution in [0.5, 0.6) is 0 Å². The van der Waals surface area contributed by atoms with Gasteiger partial charge in [0.25, 0.3) is 0 Å². The number of rotatable bonds is 3. The monoisotopic (exact) mass is 469 g/mol. The van der Waals surface area contributed by atoms with Gasteiger partial charge in [-0.25, -0.2) is 4.39 Å². The van der Waals surface area contributed by atoms with E-state index in [1.165, 1.54) is 24.3 Å². The second kappa shape index (κ2) is 7.52. The highest BCUT2D eigenvalue weighted by Gasteiger charge is 2.74. The highest BCUT2D eigenvalue weighted by atomic mass is 19.1. The minimum Gasteiger partial charge on any atom is -0.349 e. The molecule has 3 atom stereocenters. The molecule has 1 aliphatic carbocycles. The molecule has 3 aromatic rings. The van der Waals surface area contributed by atoms with E-state index in [4.69, 9.17) is 4.74 Å². The quantitative estimate of drug-likeness (QED) is 0.430. The van der Waals surface area contributed by atoms with Gasteiger partial charge in [0.05, 0.1) is 24.5 Å². The fraction of sp³-hybridized carbons (Fsp3) is 0.214. The number of fused-ring (bicyclic) bond motifs is 3. The van der Waals surface area contributed by atoms with Crippen LogP contribution < -0.4 is 0 Å². The van der Waals surface area contributed by atoms with Crippen LogP contribution in [0.25, 0.3) is 0 Å². The molecule has 7 heteroatoms. The minimum absolute atomic E-state index is 0.0863. The fourth-order valence-corrected chi connectivity index (χ4v) is 5.56. The van der Waals surface area contributed by atoms with Crippen molar-refractivity contribution in [1.29, 1.82) is 0 Å². The van der Waals surface area contributed by atoms with Gasteiger partial charge in [-0.2, -0.15) is 0 Å². The number of likely N-dealkylation sites (tertiary alicyclic amines) is 1. The van der Waals surface area contributed by atoms with Crippen molar-refractivity contribution in [1.82, 2.24) is 4.90 Å². The Morgan fingerprint density at radius 2 is 1.43 bits per heavy atom. The third-order valence-electron chi connectivity index (χ3n) is 7.27. The molecular weight excluding hydrogens is 449 g/mol. The molecule has 0 aromatic heterocycles. The van der Waals surface area contributed by atoms with E-state index >= 15 is 0 Å². The van der Waals surface area contributed by atoms with E-state index in [2.05, 4.69) is 0 Å². The predicted molar refractivity (Wildman–Crippen MR) is 122 cm³/mol. The number of hydrogen-bond donors (Lipinski definition) is 0. The molecule has 35 heavy (non-hydrogen) atoms. The van der Waals surface area contributed by atoms with Crippen LogP contribution in [0.1, 0.15) is 43.5 Å². The molecule has 0 bridgehead atoms. The largest absolute Gasteiger partial charge is 0.349 e. The van der Waals surface area contributed by atoms with E-state index in [0.29, 0.717) is 11.1 Å². The van der Waals surface area contributed by atoms with Gasteiger partial charge in [-0.05, 0) is 30.2 Å². The lowest BCUT2D eigenvalue weighted by Crippen LogP contribution is -2.50. The van der Waals surface area contributed by atoms with Crippen molar-refractivity contribution in [2.75, 3.05) is 0 Å². The Bertz CT molecular complexity index is 1380. The van der Waals surface area contributed by atoms with E-state index in [0.717, 1.165) is 10.5 Å². The van der Waals surface area contributed by atoms with Gasteiger partial charge in [-0.15, -0.1) is 0 Å². The molecule has 0 unspecified atom stereocenters. The highest BCUT2D eigenvalue weighted by Crippen LogP contribution is 2.57. The summed E-state index contributed by atoms with van der Waals surface area (Å²) in [4.78, 5) is 55.9. The molecule has 0 radical (unpaired) electrons. The van der Waals surface area contributed by atoms with Crippen molar-refractivity contribution in [2.24, 2.45) is 11.8 Å². The Morgan fingerprint density at radius 1 is 0.829 bits per heavy atom. The summed E-state index contributed by atoms with van der Waals surface area (Å²) in [7, 11) is 0. The molecule has 2 amide bonds. The van der Waals surface area contributed by atoms with E-state index < -0.39 is 52.7 Å². The zero-order chi connectivity index (χ0) is 24.5. The van der Waals surface area contributed by atoms with Gasteiger partial charge < -0.3 is 4.74 Å². The second-order valence-electron chi connectivity index (χ2n) is 9.28. The van der Waals surface area contributed by atoms with Crippen LogP contribution >= 0.6 is 0 Å². The number of nitrogens with zero attached hydrogens (tertiary/aromatic N) is 1. The molecule has 2 aliphatic heterocycles. The number of ketones is 2. The Kier molecular flexibility index (Phi) is 4.63. The first kappa shape index (κ1) is 21.6.